The van der Waals surface area contributed by atoms with Gasteiger partial charge >= 0.3 is 0 Å². The monoisotopic (exact) mass is 562 g/mol. The maximum atomic E-state index is 13.6. The molecule has 1 heterocycles. The van der Waals surface area contributed by atoms with E-state index in [-0.39, 0.29) is 29.4 Å². The fourth-order valence-electron chi connectivity index (χ4n) is 5.19. The molecule has 0 radical (unpaired) electrons. The van der Waals surface area contributed by atoms with Gasteiger partial charge in [0, 0.05) is 31.0 Å². The van der Waals surface area contributed by atoms with Gasteiger partial charge in [-0.3, -0.25) is 4.79 Å². The quantitative estimate of drug-likeness (QED) is 0.333. The van der Waals surface area contributed by atoms with Gasteiger partial charge in [0.2, 0.25) is 5.91 Å². The standard InChI is InChI=1S/C25H26FN3O.C6H6FNOS/c1-28-13-12-27-24(28)16-29(21-11-8-17-4-2-3-5-19(17)14-21)25(30)23-15-22(23)18-6-9-20(26)10-7-18;7-5-1-3-6(4-2-5)10(8)9/h6-14,22-23H,2-5,15-16H2,1H3;1-4H,8H2/t22-,23+;/m1./s1. The van der Waals surface area contributed by atoms with Gasteiger partial charge in [-0.15, -0.1) is 0 Å². The molecule has 1 amide bonds. The molecule has 208 valence electrons. The number of hydrogen-bond donors (Lipinski definition) is 1. The lowest BCUT2D eigenvalue weighted by molar-refractivity contribution is -0.120. The third-order valence-electron chi connectivity index (χ3n) is 7.58. The van der Waals surface area contributed by atoms with Crippen LogP contribution in [0.1, 0.15) is 47.7 Å². The molecule has 6 rings (SSSR count). The van der Waals surface area contributed by atoms with Gasteiger partial charge in [-0.1, -0.05) is 18.2 Å². The molecule has 1 saturated carbocycles. The zero-order valence-corrected chi connectivity index (χ0v) is 23.1. The molecule has 4 aromatic rings. The predicted molar refractivity (Wildman–Crippen MR) is 152 cm³/mol. The molecule has 3 aromatic carbocycles. The molecule has 0 bridgehead atoms. The number of carbonyl (C=O) groups is 1. The normalized spacial score (nSPS) is 18.2. The number of rotatable bonds is 6. The molecule has 0 aliphatic heterocycles. The van der Waals surface area contributed by atoms with Crippen LogP contribution in [0.25, 0.3) is 0 Å². The molecule has 40 heavy (non-hydrogen) atoms. The van der Waals surface area contributed by atoms with Crippen molar-refractivity contribution in [1.29, 1.82) is 0 Å². The number of halogens is 2. The average Bonchev–Trinajstić information content (AvgIpc) is 3.66. The van der Waals surface area contributed by atoms with E-state index in [0.717, 1.165) is 36.3 Å². The first-order valence-electron chi connectivity index (χ1n) is 13.4. The zero-order chi connectivity index (χ0) is 28.2. The molecule has 3 atom stereocenters. The Bertz CT molecular complexity index is 1500. The number of aryl methyl sites for hydroxylation is 3. The molecule has 1 fully saturated rings. The van der Waals surface area contributed by atoms with Gasteiger partial charge in [0.1, 0.15) is 28.4 Å². The first-order valence-corrected chi connectivity index (χ1v) is 14.6. The predicted octanol–water partition coefficient (Wildman–Crippen LogP) is 5.58. The van der Waals surface area contributed by atoms with Crippen molar-refractivity contribution < 1.29 is 17.8 Å². The molecule has 0 saturated heterocycles. The van der Waals surface area contributed by atoms with E-state index in [2.05, 4.69) is 23.2 Å². The van der Waals surface area contributed by atoms with Crippen molar-refractivity contribution in [3.63, 3.8) is 0 Å². The van der Waals surface area contributed by atoms with E-state index >= 15 is 0 Å². The van der Waals surface area contributed by atoms with Crippen LogP contribution in [0.15, 0.2) is 84.0 Å². The minimum absolute atomic E-state index is 0.0632. The first-order chi connectivity index (χ1) is 19.3. The van der Waals surface area contributed by atoms with E-state index in [4.69, 9.17) is 5.14 Å². The van der Waals surface area contributed by atoms with Crippen LogP contribution < -0.4 is 10.0 Å². The van der Waals surface area contributed by atoms with E-state index in [1.54, 1.807) is 18.3 Å². The van der Waals surface area contributed by atoms with Gasteiger partial charge in [0.05, 0.1) is 11.4 Å². The van der Waals surface area contributed by atoms with Gasteiger partial charge in [0.25, 0.3) is 0 Å². The summed E-state index contributed by atoms with van der Waals surface area (Å²) in [7, 11) is 0.451. The molecule has 1 unspecified atom stereocenters. The smallest absolute Gasteiger partial charge is 0.231 e. The highest BCUT2D eigenvalue weighted by molar-refractivity contribution is 7.82. The first kappa shape index (κ1) is 27.9. The van der Waals surface area contributed by atoms with E-state index in [0.29, 0.717) is 11.4 Å². The molecule has 0 spiro atoms. The maximum absolute atomic E-state index is 13.6. The van der Waals surface area contributed by atoms with Gasteiger partial charge < -0.3 is 9.47 Å². The van der Waals surface area contributed by atoms with Gasteiger partial charge in [0.15, 0.2) is 0 Å². The van der Waals surface area contributed by atoms with Crippen LogP contribution in [0, 0.1) is 17.6 Å². The van der Waals surface area contributed by atoms with Crippen molar-refractivity contribution in [1.82, 2.24) is 9.55 Å². The van der Waals surface area contributed by atoms with Crippen LogP contribution >= 0.6 is 0 Å². The number of fused-ring (bicyclic) bond motifs is 1. The Morgan fingerprint density at radius 2 is 1.65 bits per heavy atom. The van der Waals surface area contributed by atoms with Gasteiger partial charge in [-0.25, -0.2) is 23.1 Å². The van der Waals surface area contributed by atoms with Gasteiger partial charge in [-0.2, -0.15) is 0 Å². The lowest BCUT2D eigenvalue weighted by Crippen LogP contribution is -2.33. The largest absolute Gasteiger partial charge is 0.337 e. The molecule has 6 nitrogen and oxygen atoms in total. The van der Waals surface area contributed by atoms with Crippen molar-refractivity contribution >= 4 is 22.6 Å². The van der Waals surface area contributed by atoms with Crippen LogP contribution in [0.4, 0.5) is 14.5 Å². The average molecular weight is 563 g/mol. The topological polar surface area (TPSA) is 81.2 Å². The third-order valence-corrected chi connectivity index (χ3v) is 8.32. The summed E-state index contributed by atoms with van der Waals surface area (Å²) in [6.45, 7) is 0.452. The molecular formula is C31H32F2N4O2S. The van der Waals surface area contributed by atoms with Crippen molar-refractivity contribution in [2.24, 2.45) is 18.1 Å². The summed E-state index contributed by atoms with van der Waals surface area (Å²) in [4.78, 5) is 20.3. The zero-order valence-electron chi connectivity index (χ0n) is 22.3. The summed E-state index contributed by atoms with van der Waals surface area (Å²) in [6, 6.07) is 18.3. The number of carbonyl (C=O) groups excluding carboxylic acids is 1. The van der Waals surface area contributed by atoms with E-state index in [1.165, 1.54) is 60.4 Å². The van der Waals surface area contributed by atoms with Crippen LogP contribution in [0.5, 0.6) is 0 Å². The molecule has 2 aliphatic carbocycles. The number of imidazole rings is 1. The minimum Gasteiger partial charge on any atom is -0.337 e. The second-order valence-corrected chi connectivity index (χ2v) is 11.4. The lowest BCUT2D eigenvalue weighted by Gasteiger charge is -2.25. The number of hydrogen-bond acceptors (Lipinski definition) is 3. The lowest BCUT2D eigenvalue weighted by atomic mass is 9.91. The number of nitrogens with two attached hydrogens (primary N) is 1. The highest BCUT2D eigenvalue weighted by atomic mass is 32.2. The Morgan fingerprint density at radius 3 is 2.27 bits per heavy atom. The summed E-state index contributed by atoms with van der Waals surface area (Å²) < 4.78 is 38.0. The summed E-state index contributed by atoms with van der Waals surface area (Å²) in [5.74, 6) is 0.497. The number of amides is 1. The summed E-state index contributed by atoms with van der Waals surface area (Å²) >= 11 is 0. The molecular weight excluding hydrogens is 530 g/mol. The van der Waals surface area contributed by atoms with Crippen LogP contribution in [0.2, 0.25) is 0 Å². The maximum Gasteiger partial charge on any atom is 0.231 e. The summed E-state index contributed by atoms with van der Waals surface area (Å²) in [6.07, 6.45) is 9.13. The van der Waals surface area contributed by atoms with E-state index < -0.39 is 11.0 Å². The second-order valence-electron chi connectivity index (χ2n) is 10.3. The summed E-state index contributed by atoms with van der Waals surface area (Å²) in [5, 5.41) is 5.01. The Labute approximate surface area is 235 Å². The van der Waals surface area contributed by atoms with Crippen LogP contribution in [-0.2, 0) is 42.2 Å². The second kappa shape index (κ2) is 12.2. The Hall–Kier alpha value is -3.69. The van der Waals surface area contributed by atoms with Crippen molar-refractivity contribution in [3.8, 4) is 0 Å². The Morgan fingerprint density at radius 1 is 1.00 bits per heavy atom. The fourth-order valence-corrected chi connectivity index (χ4v) is 5.59. The third kappa shape index (κ3) is 6.54. The van der Waals surface area contributed by atoms with Gasteiger partial charge in [-0.05, 0) is 103 Å². The highest BCUT2D eigenvalue weighted by Gasteiger charge is 2.46. The molecule has 9 heteroatoms. The number of aromatic nitrogens is 2. The van der Waals surface area contributed by atoms with E-state index in [9.17, 15) is 17.8 Å². The van der Waals surface area contributed by atoms with E-state index in [1.807, 2.05) is 22.7 Å². The number of benzene rings is 3. The Kier molecular flexibility index (Phi) is 8.52. The minimum atomic E-state index is -1.50. The summed E-state index contributed by atoms with van der Waals surface area (Å²) in [5.41, 5.74) is 4.76. The van der Waals surface area contributed by atoms with Crippen molar-refractivity contribution in [2.75, 3.05) is 4.90 Å². The fraction of sp³-hybridized carbons (Fsp3) is 0.290. The van der Waals surface area contributed by atoms with Crippen LogP contribution in [-0.4, -0.2) is 19.7 Å². The molecule has 1 aromatic heterocycles. The van der Waals surface area contributed by atoms with Crippen molar-refractivity contribution in [2.45, 2.75) is 49.5 Å². The number of nitrogens with zero attached hydrogens (tertiary/aromatic N) is 3. The Balaban J connectivity index is 0.000000274. The molecule has 2 N–H and O–H groups in total. The number of anilines is 1. The van der Waals surface area contributed by atoms with Crippen molar-refractivity contribution in [3.05, 3.63) is 113 Å². The SMILES string of the molecule is Cn1ccnc1CN(C(=O)[C@H]1C[C@@H]1c1ccc(F)cc1)c1ccc2c(c1)CCCC2.NS(=O)c1ccc(F)cc1. The molecule has 2 aliphatic rings. The van der Waals surface area contributed by atoms with Crippen LogP contribution in [0.3, 0.4) is 0 Å². The highest BCUT2D eigenvalue weighted by Crippen LogP contribution is 2.49.